The lowest BCUT2D eigenvalue weighted by molar-refractivity contribution is -0.133. The van der Waals surface area contributed by atoms with Gasteiger partial charge in [0.25, 0.3) is 0 Å². The van der Waals surface area contributed by atoms with Crippen molar-refractivity contribution in [2.75, 3.05) is 13.1 Å². The maximum absolute atomic E-state index is 13.7. The average Bonchev–Trinajstić information content (AvgIpc) is 2.87. The number of likely N-dealkylation sites (tertiary alicyclic amines) is 1. The number of ether oxygens (including phenoxy) is 2. The summed E-state index contributed by atoms with van der Waals surface area (Å²) in [7, 11) is 0. The second-order valence-corrected chi connectivity index (χ2v) is 8.45. The quantitative estimate of drug-likeness (QED) is 0.454. The number of aromatic nitrogens is 2. The number of piperidine rings is 1. The third-order valence-corrected chi connectivity index (χ3v) is 6.39. The second kappa shape index (κ2) is 8.20. The summed E-state index contributed by atoms with van der Waals surface area (Å²) in [6.45, 7) is 1.29. The van der Waals surface area contributed by atoms with Crippen LogP contribution in [0.2, 0.25) is 0 Å². The van der Waals surface area contributed by atoms with Crippen molar-refractivity contribution in [2.24, 2.45) is 0 Å². The molecule has 4 aromatic rings. The van der Waals surface area contributed by atoms with Gasteiger partial charge in [0, 0.05) is 37.1 Å². The standard InChI is InChI=1S/C27H23N3O3/c31-27(26-19-7-1-5-11-23(19)33-24-12-6-2-8-20(24)26)30-15-13-18(14-16-30)32-25-17-28-21-9-3-4-10-22(21)29-25/h1-12,17-18,26H,13-16H2. The Bertz CT molecular complexity index is 1290. The molecular weight excluding hydrogens is 414 g/mol. The van der Waals surface area contributed by atoms with Crippen molar-refractivity contribution in [3.63, 3.8) is 0 Å². The third-order valence-electron chi connectivity index (χ3n) is 6.39. The Balaban J connectivity index is 1.18. The van der Waals surface area contributed by atoms with Gasteiger partial charge in [0.15, 0.2) is 0 Å². The minimum atomic E-state index is -0.352. The molecule has 0 aliphatic carbocycles. The molecule has 1 fully saturated rings. The first-order valence-corrected chi connectivity index (χ1v) is 11.3. The zero-order chi connectivity index (χ0) is 22.2. The highest BCUT2D eigenvalue weighted by atomic mass is 16.5. The number of carbonyl (C=O) groups excluding carboxylic acids is 1. The van der Waals surface area contributed by atoms with E-state index in [1.54, 1.807) is 6.20 Å². The zero-order valence-electron chi connectivity index (χ0n) is 18.1. The summed E-state index contributed by atoms with van der Waals surface area (Å²) in [6, 6.07) is 23.4. The lowest BCUT2D eigenvalue weighted by atomic mass is 9.86. The minimum Gasteiger partial charge on any atom is -0.473 e. The molecule has 3 heterocycles. The van der Waals surface area contributed by atoms with Gasteiger partial charge in [-0.2, -0.15) is 0 Å². The van der Waals surface area contributed by atoms with Crippen LogP contribution in [0.4, 0.5) is 0 Å². The number of amides is 1. The van der Waals surface area contributed by atoms with Crippen LogP contribution >= 0.6 is 0 Å². The summed E-state index contributed by atoms with van der Waals surface area (Å²) >= 11 is 0. The molecule has 33 heavy (non-hydrogen) atoms. The van der Waals surface area contributed by atoms with Gasteiger partial charge in [-0.3, -0.25) is 4.79 Å². The Labute approximate surface area is 191 Å². The number of hydrogen-bond acceptors (Lipinski definition) is 5. The van der Waals surface area contributed by atoms with Gasteiger partial charge in [-0.15, -0.1) is 0 Å². The first kappa shape index (κ1) is 19.7. The molecule has 2 aliphatic heterocycles. The van der Waals surface area contributed by atoms with Gasteiger partial charge < -0.3 is 14.4 Å². The summed E-state index contributed by atoms with van der Waals surface area (Å²) in [6.07, 6.45) is 3.20. The molecular formula is C27H23N3O3. The molecule has 1 amide bonds. The van der Waals surface area contributed by atoms with Gasteiger partial charge in [0.2, 0.25) is 11.8 Å². The first-order valence-electron chi connectivity index (χ1n) is 11.3. The van der Waals surface area contributed by atoms with E-state index in [4.69, 9.17) is 9.47 Å². The fraction of sp³-hybridized carbons (Fsp3) is 0.222. The maximum Gasteiger partial charge on any atom is 0.234 e. The van der Waals surface area contributed by atoms with E-state index < -0.39 is 0 Å². The lowest BCUT2D eigenvalue weighted by Gasteiger charge is -2.36. The molecule has 0 bridgehead atoms. The number of carbonyl (C=O) groups is 1. The first-order chi connectivity index (χ1) is 16.3. The summed E-state index contributed by atoms with van der Waals surface area (Å²) in [4.78, 5) is 24.6. The van der Waals surface area contributed by atoms with E-state index in [1.807, 2.05) is 77.7 Å². The number of hydrogen-bond donors (Lipinski definition) is 0. The molecule has 1 saturated heterocycles. The van der Waals surface area contributed by atoms with Crippen molar-refractivity contribution in [3.05, 3.63) is 90.1 Å². The molecule has 0 spiro atoms. The van der Waals surface area contributed by atoms with Crippen molar-refractivity contribution < 1.29 is 14.3 Å². The molecule has 2 aliphatic rings. The maximum atomic E-state index is 13.7. The number of benzene rings is 3. The van der Waals surface area contributed by atoms with Gasteiger partial charge in [0.1, 0.15) is 17.6 Å². The van der Waals surface area contributed by atoms with Crippen LogP contribution in [-0.4, -0.2) is 40.0 Å². The normalized spacial score (nSPS) is 16.1. The van der Waals surface area contributed by atoms with Gasteiger partial charge in [0.05, 0.1) is 23.1 Å². The van der Waals surface area contributed by atoms with E-state index in [0.717, 1.165) is 46.5 Å². The molecule has 6 nitrogen and oxygen atoms in total. The molecule has 0 atom stereocenters. The van der Waals surface area contributed by atoms with Gasteiger partial charge >= 0.3 is 0 Å². The van der Waals surface area contributed by atoms with Crippen molar-refractivity contribution in [3.8, 4) is 17.4 Å². The number of para-hydroxylation sites is 4. The Morgan fingerprint density at radius 2 is 1.45 bits per heavy atom. The van der Waals surface area contributed by atoms with Crippen molar-refractivity contribution >= 4 is 16.9 Å². The predicted octanol–water partition coefficient (Wildman–Crippen LogP) is 4.94. The molecule has 3 aromatic carbocycles. The highest BCUT2D eigenvalue weighted by Crippen LogP contribution is 2.44. The highest BCUT2D eigenvalue weighted by molar-refractivity contribution is 5.89. The molecule has 0 N–H and O–H groups in total. The van der Waals surface area contributed by atoms with Crippen molar-refractivity contribution in [2.45, 2.75) is 24.9 Å². The number of fused-ring (bicyclic) bond motifs is 3. The Hall–Kier alpha value is -3.93. The Kier molecular flexibility index (Phi) is 4.91. The Morgan fingerprint density at radius 3 is 2.15 bits per heavy atom. The van der Waals surface area contributed by atoms with Crippen LogP contribution in [-0.2, 0) is 4.79 Å². The number of rotatable bonds is 3. The van der Waals surface area contributed by atoms with E-state index in [2.05, 4.69) is 9.97 Å². The zero-order valence-corrected chi connectivity index (χ0v) is 18.1. The van der Waals surface area contributed by atoms with Crippen LogP contribution in [0.3, 0.4) is 0 Å². The molecule has 164 valence electrons. The van der Waals surface area contributed by atoms with Gasteiger partial charge in [-0.25, -0.2) is 9.97 Å². The minimum absolute atomic E-state index is 0.0128. The predicted molar refractivity (Wildman–Crippen MR) is 125 cm³/mol. The highest BCUT2D eigenvalue weighted by Gasteiger charge is 2.36. The second-order valence-electron chi connectivity index (χ2n) is 8.45. The monoisotopic (exact) mass is 437 g/mol. The lowest BCUT2D eigenvalue weighted by Crippen LogP contribution is -2.44. The van der Waals surface area contributed by atoms with E-state index in [0.29, 0.717) is 19.0 Å². The van der Waals surface area contributed by atoms with Gasteiger partial charge in [-0.1, -0.05) is 48.5 Å². The largest absolute Gasteiger partial charge is 0.473 e. The number of nitrogens with zero attached hydrogens (tertiary/aromatic N) is 3. The van der Waals surface area contributed by atoms with Crippen LogP contribution in [0, 0.1) is 0 Å². The van der Waals surface area contributed by atoms with Crippen LogP contribution in [0.1, 0.15) is 29.9 Å². The van der Waals surface area contributed by atoms with Crippen LogP contribution in [0.15, 0.2) is 79.0 Å². The van der Waals surface area contributed by atoms with Gasteiger partial charge in [-0.05, 0) is 24.3 Å². The molecule has 0 radical (unpaired) electrons. The molecule has 0 saturated carbocycles. The molecule has 1 aromatic heterocycles. The molecule has 6 rings (SSSR count). The van der Waals surface area contributed by atoms with Crippen molar-refractivity contribution in [1.29, 1.82) is 0 Å². The van der Waals surface area contributed by atoms with Crippen molar-refractivity contribution in [1.82, 2.24) is 14.9 Å². The fourth-order valence-corrected chi connectivity index (χ4v) is 4.72. The van der Waals surface area contributed by atoms with Crippen LogP contribution in [0.25, 0.3) is 11.0 Å². The summed E-state index contributed by atoms with van der Waals surface area (Å²) in [5.74, 6) is 1.80. The molecule has 6 heteroatoms. The Morgan fingerprint density at radius 1 is 0.848 bits per heavy atom. The van der Waals surface area contributed by atoms with Crippen LogP contribution in [0.5, 0.6) is 17.4 Å². The van der Waals surface area contributed by atoms with E-state index in [-0.39, 0.29) is 17.9 Å². The average molecular weight is 437 g/mol. The fourth-order valence-electron chi connectivity index (χ4n) is 4.72. The summed E-state index contributed by atoms with van der Waals surface area (Å²) in [5.41, 5.74) is 3.51. The van der Waals surface area contributed by atoms with E-state index in [9.17, 15) is 4.79 Å². The molecule has 0 unspecified atom stereocenters. The SMILES string of the molecule is O=C(C1c2ccccc2Oc2ccccc21)N1CCC(Oc2cnc3ccccc3n2)CC1. The van der Waals surface area contributed by atoms with Crippen LogP contribution < -0.4 is 9.47 Å². The summed E-state index contributed by atoms with van der Waals surface area (Å²) < 4.78 is 12.2. The topological polar surface area (TPSA) is 64.5 Å². The third kappa shape index (κ3) is 3.67. The summed E-state index contributed by atoms with van der Waals surface area (Å²) in [5, 5.41) is 0. The van der Waals surface area contributed by atoms with E-state index in [1.165, 1.54) is 0 Å². The smallest absolute Gasteiger partial charge is 0.234 e. The van der Waals surface area contributed by atoms with E-state index >= 15 is 0 Å².